The SMILES string of the molecule is CCOc1ccc(CNC(=O)[C@@H](C)Oc2ccc(N(C)S(C)(=O)=O)cc2)cc1. The Morgan fingerprint density at radius 3 is 2.18 bits per heavy atom. The lowest BCUT2D eigenvalue weighted by atomic mass is 10.2. The van der Waals surface area contributed by atoms with E-state index in [-0.39, 0.29) is 5.91 Å². The summed E-state index contributed by atoms with van der Waals surface area (Å²) < 4.78 is 35.3. The van der Waals surface area contributed by atoms with Crippen molar-refractivity contribution in [2.45, 2.75) is 26.5 Å². The molecule has 8 heteroatoms. The minimum Gasteiger partial charge on any atom is -0.494 e. The van der Waals surface area contributed by atoms with Gasteiger partial charge in [0, 0.05) is 13.6 Å². The fraction of sp³-hybridized carbons (Fsp3) is 0.350. The molecule has 0 radical (unpaired) electrons. The molecule has 2 aromatic rings. The average molecular weight is 407 g/mol. The molecular weight excluding hydrogens is 380 g/mol. The van der Waals surface area contributed by atoms with Crippen LogP contribution in [0.25, 0.3) is 0 Å². The summed E-state index contributed by atoms with van der Waals surface area (Å²) >= 11 is 0. The second-order valence-corrected chi connectivity index (χ2v) is 8.29. The van der Waals surface area contributed by atoms with Crippen LogP contribution < -0.4 is 19.1 Å². The number of carbonyl (C=O) groups is 1. The molecular formula is C20H26N2O5S. The van der Waals surface area contributed by atoms with Gasteiger partial charge >= 0.3 is 0 Å². The van der Waals surface area contributed by atoms with Crippen LogP contribution in [0.5, 0.6) is 11.5 Å². The maximum atomic E-state index is 12.2. The quantitative estimate of drug-likeness (QED) is 0.692. The summed E-state index contributed by atoms with van der Waals surface area (Å²) in [6.45, 7) is 4.57. The summed E-state index contributed by atoms with van der Waals surface area (Å²) in [6.07, 6.45) is 0.440. The molecule has 0 heterocycles. The van der Waals surface area contributed by atoms with Crippen molar-refractivity contribution in [3.05, 3.63) is 54.1 Å². The van der Waals surface area contributed by atoms with Gasteiger partial charge in [-0.05, 0) is 55.8 Å². The largest absolute Gasteiger partial charge is 0.494 e. The van der Waals surface area contributed by atoms with E-state index >= 15 is 0 Å². The standard InChI is InChI=1S/C20H26N2O5S/c1-5-26-18-10-6-16(7-11-18)14-21-20(23)15(2)27-19-12-8-17(9-13-19)22(3)28(4,24)25/h6-13,15H,5,14H2,1-4H3,(H,21,23)/t15-/m1/s1. The van der Waals surface area contributed by atoms with Gasteiger partial charge in [-0.2, -0.15) is 0 Å². The third-order valence-corrected chi connectivity index (χ3v) is 5.29. The van der Waals surface area contributed by atoms with Gasteiger partial charge in [0.2, 0.25) is 10.0 Å². The predicted molar refractivity (Wildman–Crippen MR) is 109 cm³/mol. The summed E-state index contributed by atoms with van der Waals surface area (Å²) in [6, 6.07) is 14.0. The molecule has 1 N–H and O–H groups in total. The third kappa shape index (κ3) is 6.16. The summed E-state index contributed by atoms with van der Waals surface area (Å²) in [5, 5.41) is 2.83. The first kappa shape index (κ1) is 21.6. The van der Waals surface area contributed by atoms with E-state index < -0.39 is 16.1 Å². The zero-order chi connectivity index (χ0) is 20.7. The van der Waals surface area contributed by atoms with Gasteiger partial charge in [-0.1, -0.05) is 12.1 Å². The first-order chi connectivity index (χ1) is 13.2. The Kier molecular flexibility index (Phi) is 7.28. The average Bonchev–Trinajstić information content (AvgIpc) is 2.66. The smallest absolute Gasteiger partial charge is 0.261 e. The Morgan fingerprint density at radius 2 is 1.64 bits per heavy atom. The molecule has 0 saturated carbocycles. The van der Waals surface area contributed by atoms with Gasteiger partial charge in [-0.3, -0.25) is 9.10 Å². The van der Waals surface area contributed by atoms with Crippen LogP contribution in [0, 0.1) is 0 Å². The first-order valence-corrected chi connectivity index (χ1v) is 10.8. The Balaban J connectivity index is 1.88. The molecule has 0 saturated heterocycles. The van der Waals surface area contributed by atoms with E-state index in [2.05, 4.69) is 5.32 Å². The number of nitrogens with zero attached hydrogens (tertiary/aromatic N) is 1. The summed E-state index contributed by atoms with van der Waals surface area (Å²) in [4.78, 5) is 12.2. The highest BCUT2D eigenvalue weighted by molar-refractivity contribution is 7.92. The second kappa shape index (κ2) is 9.45. The summed E-state index contributed by atoms with van der Waals surface area (Å²) in [5.41, 5.74) is 1.47. The van der Waals surface area contributed by atoms with Crippen LogP contribution in [0.15, 0.2) is 48.5 Å². The number of ether oxygens (including phenoxy) is 2. The van der Waals surface area contributed by atoms with Gasteiger partial charge in [0.15, 0.2) is 6.10 Å². The van der Waals surface area contributed by atoms with Crippen molar-refractivity contribution in [1.82, 2.24) is 5.32 Å². The predicted octanol–water partition coefficient (Wildman–Crippen LogP) is 2.56. The molecule has 0 aromatic heterocycles. The second-order valence-electron chi connectivity index (χ2n) is 6.28. The van der Waals surface area contributed by atoms with Crippen LogP contribution in [0.2, 0.25) is 0 Å². The molecule has 1 atom stereocenters. The molecule has 7 nitrogen and oxygen atoms in total. The fourth-order valence-corrected chi connectivity index (χ4v) is 2.89. The minimum atomic E-state index is -3.32. The Labute approximate surface area is 166 Å². The van der Waals surface area contributed by atoms with Crippen molar-refractivity contribution in [2.24, 2.45) is 0 Å². The van der Waals surface area contributed by atoms with E-state index in [1.807, 2.05) is 31.2 Å². The van der Waals surface area contributed by atoms with Gasteiger partial charge in [0.05, 0.1) is 18.6 Å². The molecule has 0 aliphatic carbocycles. The van der Waals surface area contributed by atoms with Crippen molar-refractivity contribution >= 4 is 21.6 Å². The number of hydrogen-bond acceptors (Lipinski definition) is 5. The van der Waals surface area contributed by atoms with E-state index in [0.717, 1.165) is 17.6 Å². The van der Waals surface area contributed by atoms with Gasteiger partial charge in [0.25, 0.3) is 5.91 Å². The van der Waals surface area contributed by atoms with Crippen molar-refractivity contribution in [1.29, 1.82) is 0 Å². The Bertz CT molecular complexity index is 880. The molecule has 2 rings (SSSR count). The van der Waals surface area contributed by atoms with Gasteiger partial charge in [0.1, 0.15) is 11.5 Å². The van der Waals surface area contributed by atoms with Crippen LogP contribution in [-0.4, -0.2) is 40.3 Å². The number of hydrogen-bond donors (Lipinski definition) is 1. The summed E-state index contributed by atoms with van der Waals surface area (Å²) in [5.74, 6) is 1.03. The van der Waals surface area contributed by atoms with Crippen LogP contribution in [0.3, 0.4) is 0 Å². The molecule has 2 aromatic carbocycles. The molecule has 0 spiro atoms. The lowest BCUT2D eigenvalue weighted by Gasteiger charge is -2.18. The molecule has 0 fully saturated rings. The Hall–Kier alpha value is -2.74. The maximum absolute atomic E-state index is 12.2. The van der Waals surface area contributed by atoms with Crippen molar-refractivity contribution in [2.75, 3.05) is 24.2 Å². The number of sulfonamides is 1. The lowest BCUT2D eigenvalue weighted by Crippen LogP contribution is -2.35. The molecule has 28 heavy (non-hydrogen) atoms. The monoisotopic (exact) mass is 406 g/mol. The fourth-order valence-electron chi connectivity index (χ4n) is 2.39. The number of amides is 1. The number of carbonyl (C=O) groups excluding carboxylic acids is 1. The van der Waals surface area contributed by atoms with E-state index in [4.69, 9.17) is 9.47 Å². The number of nitrogens with one attached hydrogen (secondary N) is 1. The molecule has 152 valence electrons. The zero-order valence-corrected chi connectivity index (χ0v) is 17.3. The van der Waals surface area contributed by atoms with Crippen LogP contribution >= 0.6 is 0 Å². The normalized spacial score (nSPS) is 12.1. The molecule has 1 amide bonds. The van der Waals surface area contributed by atoms with Gasteiger partial charge in [-0.25, -0.2) is 8.42 Å². The number of anilines is 1. The molecule has 0 aliphatic rings. The highest BCUT2D eigenvalue weighted by Crippen LogP contribution is 2.21. The van der Waals surface area contributed by atoms with E-state index in [9.17, 15) is 13.2 Å². The Morgan fingerprint density at radius 1 is 1.07 bits per heavy atom. The number of rotatable bonds is 9. The highest BCUT2D eigenvalue weighted by Gasteiger charge is 2.15. The van der Waals surface area contributed by atoms with E-state index in [1.54, 1.807) is 31.2 Å². The van der Waals surface area contributed by atoms with Gasteiger partial charge in [-0.15, -0.1) is 0 Å². The number of benzene rings is 2. The van der Waals surface area contributed by atoms with Crippen LogP contribution in [-0.2, 0) is 21.4 Å². The third-order valence-electron chi connectivity index (χ3n) is 4.08. The lowest BCUT2D eigenvalue weighted by molar-refractivity contribution is -0.127. The van der Waals surface area contributed by atoms with Crippen molar-refractivity contribution < 1.29 is 22.7 Å². The molecule has 0 aliphatic heterocycles. The van der Waals surface area contributed by atoms with E-state index in [0.29, 0.717) is 24.6 Å². The van der Waals surface area contributed by atoms with E-state index in [1.165, 1.54) is 11.4 Å². The zero-order valence-electron chi connectivity index (χ0n) is 16.5. The molecule has 0 unspecified atom stereocenters. The highest BCUT2D eigenvalue weighted by atomic mass is 32.2. The molecule has 0 bridgehead atoms. The summed E-state index contributed by atoms with van der Waals surface area (Å²) in [7, 11) is -1.85. The van der Waals surface area contributed by atoms with Gasteiger partial charge < -0.3 is 14.8 Å². The maximum Gasteiger partial charge on any atom is 0.261 e. The van der Waals surface area contributed by atoms with Crippen LogP contribution in [0.1, 0.15) is 19.4 Å². The van der Waals surface area contributed by atoms with Crippen LogP contribution in [0.4, 0.5) is 5.69 Å². The van der Waals surface area contributed by atoms with Crippen molar-refractivity contribution in [3.63, 3.8) is 0 Å². The first-order valence-electron chi connectivity index (χ1n) is 8.90. The van der Waals surface area contributed by atoms with Crippen molar-refractivity contribution in [3.8, 4) is 11.5 Å². The topological polar surface area (TPSA) is 84.9 Å². The minimum absolute atomic E-state index is 0.244.